The second-order valence-corrected chi connectivity index (χ2v) is 5.41. The molecular weight excluding hydrogens is 250 g/mol. The number of hydrogen-bond donors (Lipinski definition) is 1. The van der Waals surface area contributed by atoms with E-state index in [1.54, 1.807) is 0 Å². The van der Waals surface area contributed by atoms with E-state index in [0.717, 1.165) is 45.1 Å². The van der Waals surface area contributed by atoms with Crippen LogP contribution < -0.4 is 10.1 Å². The van der Waals surface area contributed by atoms with Crippen LogP contribution in [0.2, 0.25) is 0 Å². The van der Waals surface area contributed by atoms with Gasteiger partial charge >= 0.3 is 0 Å². The fourth-order valence-electron chi connectivity index (χ4n) is 2.74. The van der Waals surface area contributed by atoms with Crippen LogP contribution in [0.4, 0.5) is 0 Å². The molecule has 0 amide bonds. The minimum atomic E-state index is 0.448. The molecule has 0 aliphatic carbocycles. The summed E-state index contributed by atoms with van der Waals surface area (Å²) in [5, 5.41) is 3.33. The lowest BCUT2D eigenvalue weighted by molar-refractivity contribution is 0.111. The first-order valence-corrected chi connectivity index (χ1v) is 7.54. The Morgan fingerprint density at radius 2 is 1.80 bits per heavy atom. The summed E-state index contributed by atoms with van der Waals surface area (Å²) in [5.41, 5.74) is 1.37. The summed E-state index contributed by atoms with van der Waals surface area (Å²) in [4.78, 5) is 4.97. The van der Waals surface area contributed by atoms with Crippen LogP contribution in [0.1, 0.15) is 18.5 Å². The molecule has 0 radical (unpaired) electrons. The van der Waals surface area contributed by atoms with Crippen molar-refractivity contribution in [2.24, 2.45) is 0 Å². The number of likely N-dealkylation sites (N-methyl/N-ethyl adjacent to an activating group) is 2. The van der Waals surface area contributed by atoms with E-state index in [4.69, 9.17) is 4.74 Å². The molecule has 1 unspecified atom stereocenters. The Morgan fingerprint density at radius 3 is 2.35 bits per heavy atom. The molecule has 1 N–H and O–H groups in total. The first-order valence-electron chi connectivity index (χ1n) is 7.54. The van der Waals surface area contributed by atoms with Crippen LogP contribution in [0.5, 0.6) is 5.75 Å². The molecule has 0 aromatic heterocycles. The topological polar surface area (TPSA) is 27.7 Å². The Labute approximate surface area is 122 Å². The summed E-state index contributed by atoms with van der Waals surface area (Å²) in [6.45, 7) is 8.29. The van der Waals surface area contributed by atoms with E-state index in [1.165, 1.54) is 5.56 Å². The van der Waals surface area contributed by atoms with Crippen molar-refractivity contribution in [3.63, 3.8) is 0 Å². The van der Waals surface area contributed by atoms with E-state index >= 15 is 0 Å². The van der Waals surface area contributed by atoms with E-state index in [2.05, 4.69) is 46.4 Å². The Kier molecular flexibility index (Phi) is 5.83. The van der Waals surface area contributed by atoms with Crippen molar-refractivity contribution in [3.05, 3.63) is 29.8 Å². The van der Waals surface area contributed by atoms with Gasteiger partial charge < -0.3 is 15.0 Å². The third-order valence-corrected chi connectivity index (χ3v) is 3.95. The van der Waals surface area contributed by atoms with Crippen LogP contribution in [-0.2, 0) is 0 Å². The first kappa shape index (κ1) is 15.3. The van der Waals surface area contributed by atoms with E-state index < -0.39 is 0 Å². The molecule has 1 atom stereocenters. The molecule has 1 aromatic rings. The van der Waals surface area contributed by atoms with E-state index in [-0.39, 0.29) is 0 Å². The predicted molar refractivity (Wildman–Crippen MR) is 83.3 cm³/mol. The highest BCUT2D eigenvalue weighted by Gasteiger charge is 2.23. The molecule has 20 heavy (non-hydrogen) atoms. The standard InChI is InChI=1S/C16H27N3O/c1-4-20-15-7-5-14(6-8-15)16(13-17-2)19-11-9-18(3)10-12-19/h5-8,16-17H,4,9-13H2,1-3H3. The van der Waals surface area contributed by atoms with Crippen LogP contribution >= 0.6 is 0 Å². The summed E-state index contributed by atoms with van der Waals surface area (Å²) in [6, 6.07) is 9.01. The third-order valence-electron chi connectivity index (χ3n) is 3.95. The zero-order chi connectivity index (χ0) is 14.4. The Balaban J connectivity index is 2.07. The minimum absolute atomic E-state index is 0.448. The van der Waals surface area contributed by atoms with Crippen LogP contribution in [0.15, 0.2) is 24.3 Å². The smallest absolute Gasteiger partial charge is 0.119 e. The summed E-state index contributed by atoms with van der Waals surface area (Å²) in [5.74, 6) is 0.956. The molecule has 1 aliphatic rings. The maximum Gasteiger partial charge on any atom is 0.119 e. The molecule has 4 nitrogen and oxygen atoms in total. The molecular formula is C16H27N3O. The van der Waals surface area contributed by atoms with Gasteiger partial charge in [-0.25, -0.2) is 0 Å². The zero-order valence-corrected chi connectivity index (χ0v) is 12.9. The maximum atomic E-state index is 5.52. The molecule has 2 rings (SSSR count). The molecule has 1 heterocycles. The predicted octanol–water partition coefficient (Wildman–Crippen LogP) is 1.59. The Bertz CT molecular complexity index is 385. The largest absolute Gasteiger partial charge is 0.494 e. The Hall–Kier alpha value is -1.10. The van der Waals surface area contributed by atoms with Crippen LogP contribution in [0.3, 0.4) is 0 Å². The molecule has 1 saturated heterocycles. The van der Waals surface area contributed by atoms with Gasteiger partial charge in [0.15, 0.2) is 0 Å². The number of nitrogens with zero attached hydrogens (tertiary/aromatic N) is 2. The lowest BCUT2D eigenvalue weighted by Gasteiger charge is -2.38. The highest BCUT2D eigenvalue weighted by Crippen LogP contribution is 2.23. The molecule has 112 valence electrons. The monoisotopic (exact) mass is 277 g/mol. The molecule has 1 fully saturated rings. The number of rotatable bonds is 6. The van der Waals surface area contributed by atoms with Gasteiger partial charge in [0.05, 0.1) is 6.61 Å². The SMILES string of the molecule is CCOc1ccc(C(CNC)N2CCN(C)CC2)cc1. The fraction of sp³-hybridized carbons (Fsp3) is 0.625. The first-order chi connectivity index (χ1) is 9.74. The third kappa shape index (κ3) is 3.95. The van der Waals surface area contributed by atoms with Crippen molar-refractivity contribution in [1.82, 2.24) is 15.1 Å². The minimum Gasteiger partial charge on any atom is -0.494 e. The van der Waals surface area contributed by atoms with E-state index in [0.29, 0.717) is 6.04 Å². The van der Waals surface area contributed by atoms with E-state index in [1.807, 2.05) is 14.0 Å². The van der Waals surface area contributed by atoms with Crippen molar-refractivity contribution >= 4 is 0 Å². The molecule has 0 saturated carbocycles. The number of benzene rings is 1. The van der Waals surface area contributed by atoms with Gasteiger partial charge in [-0.2, -0.15) is 0 Å². The normalized spacial score (nSPS) is 18.9. The van der Waals surface area contributed by atoms with Crippen molar-refractivity contribution in [2.75, 3.05) is 53.4 Å². The average molecular weight is 277 g/mol. The van der Waals surface area contributed by atoms with Gasteiger partial charge in [0.25, 0.3) is 0 Å². The van der Waals surface area contributed by atoms with Gasteiger partial charge in [0.1, 0.15) is 5.75 Å². The van der Waals surface area contributed by atoms with Gasteiger partial charge in [-0.05, 0) is 38.7 Å². The lowest BCUT2D eigenvalue weighted by atomic mass is 10.0. The van der Waals surface area contributed by atoms with Crippen molar-refractivity contribution in [1.29, 1.82) is 0 Å². The molecule has 4 heteroatoms. The van der Waals surface area contributed by atoms with Crippen molar-refractivity contribution in [3.8, 4) is 5.75 Å². The second-order valence-electron chi connectivity index (χ2n) is 5.41. The summed E-state index contributed by atoms with van der Waals surface area (Å²) >= 11 is 0. The van der Waals surface area contributed by atoms with Crippen LogP contribution in [0, 0.1) is 0 Å². The molecule has 0 spiro atoms. The van der Waals surface area contributed by atoms with Crippen LogP contribution in [0.25, 0.3) is 0 Å². The molecule has 1 aliphatic heterocycles. The van der Waals surface area contributed by atoms with E-state index in [9.17, 15) is 0 Å². The number of hydrogen-bond acceptors (Lipinski definition) is 4. The lowest BCUT2D eigenvalue weighted by Crippen LogP contribution is -2.47. The second kappa shape index (κ2) is 7.62. The van der Waals surface area contributed by atoms with Crippen LogP contribution in [-0.4, -0.2) is 63.2 Å². The highest BCUT2D eigenvalue weighted by atomic mass is 16.5. The van der Waals surface area contributed by atoms with Gasteiger partial charge in [-0.1, -0.05) is 12.1 Å². The molecule has 0 bridgehead atoms. The quantitative estimate of drug-likeness (QED) is 0.855. The van der Waals surface area contributed by atoms with Crippen molar-refractivity contribution < 1.29 is 4.74 Å². The summed E-state index contributed by atoms with van der Waals surface area (Å²) in [6.07, 6.45) is 0. The van der Waals surface area contributed by atoms with Gasteiger partial charge in [-0.15, -0.1) is 0 Å². The van der Waals surface area contributed by atoms with Gasteiger partial charge in [0, 0.05) is 38.8 Å². The number of piperazine rings is 1. The van der Waals surface area contributed by atoms with Crippen molar-refractivity contribution in [2.45, 2.75) is 13.0 Å². The summed E-state index contributed by atoms with van der Waals surface area (Å²) in [7, 11) is 4.22. The highest BCUT2D eigenvalue weighted by molar-refractivity contribution is 5.29. The van der Waals surface area contributed by atoms with Gasteiger partial charge in [0.2, 0.25) is 0 Å². The zero-order valence-electron chi connectivity index (χ0n) is 12.9. The molecule has 1 aromatic carbocycles. The summed E-state index contributed by atoms with van der Waals surface area (Å²) < 4.78 is 5.52. The number of nitrogens with one attached hydrogen (secondary N) is 1. The maximum absolute atomic E-state index is 5.52. The van der Waals surface area contributed by atoms with Gasteiger partial charge in [-0.3, -0.25) is 4.90 Å². The fourth-order valence-corrected chi connectivity index (χ4v) is 2.74. The number of ether oxygens (including phenoxy) is 1. The average Bonchev–Trinajstić information content (AvgIpc) is 2.47. The Morgan fingerprint density at radius 1 is 1.15 bits per heavy atom.